The standard InChI is InChI=1S/C13H15ClFNO/c14-13(17)12(16-7-2-1-3-8-16)10-5-4-6-11(15)9-10/h4-6,9,12H,1-3,7-8H2. The van der Waals surface area contributed by atoms with Crippen LogP contribution in [-0.4, -0.2) is 23.2 Å². The molecule has 1 aliphatic heterocycles. The first kappa shape index (κ1) is 12.5. The summed E-state index contributed by atoms with van der Waals surface area (Å²) in [6.45, 7) is 1.69. The minimum Gasteiger partial charge on any atom is -0.289 e. The molecule has 17 heavy (non-hydrogen) atoms. The van der Waals surface area contributed by atoms with Crippen LogP contribution in [0.4, 0.5) is 4.39 Å². The largest absolute Gasteiger partial charge is 0.289 e. The van der Waals surface area contributed by atoms with E-state index in [1.165, 1.54) is 18.6 Å². The number of hydrogen-bond acceptors (Lipinski definition) is 2. The number of piperidine rings is 1. The van der Waals surface area contributed by atoms with Gasteiger partial charge in [0, 0.05) is 0 Å². The molecule has 0 N–H and O–H groups in total. The molecule has 0 spiro atoms. The average molecular weight is 256 g/mol. The van der Waals surface area contributed by atoms with Crippen LogP contribution in [0.1, 0.15) is 30.9 Å². The van der Waals surface area contributed by atoms with Crippen LogP contribution in [0.5, 0.6) is 0 Å². The van der Waals surface area contributed by atoms with E-state index < -0.39 is 11.3 Å². The van der Waals surface area contributed by atoms with E-state index in [0.717, 1.165) is 25.9 Å². The van der Waals surface area contributed by atoms with Gasteiger partial charge in [-0.1, -0.05) is 18.6 Å². The molecule has 0 bridgehead atoms. The van der Waals surface area contributed by atoms with E-state index in [2.05, 4.69) is 0 Å². The molecule has 0 aromatic heterocycles. The van der Waals surface area contributed by atoms with Gasteiger partial charge in [-0.3, -0.25) is 9.69 Å². The van der Waals surface area contributed by atoms with E-state index in [0.29, 0.717) is 5.56 Å². The van der Waals surface area contributed by atoms with Crippen LogP contribution in [0.25, 0.3) is 0 Å². The normalized spacial score (nSPS) is 18.9. The minimum absolute atomic E-state index is 0.331. The molecule has 2 rings (SSSR count). The highest BCUT2D eigenvalue weighted by molar-refractivity contribution is 6.64. The number of likely N-dealkylation sites (tertiary alicyclic amines) is 1. The Kier molecular flexibility index (Phi) is 4.13. The first-order chi connectivity index (χ1) is 8.18. The van der Waals surface area contributed by atoms with Crippen molar-refractivity contribution in [2.45, 2.75) is 25.3 Å². The molecule has 4 heteroatoms. The van der Waals surface area contributed by atoms with Crippen LogP contribution in [0.3, 0.4) is 0 Å². The van der Waals surface area contributed by atoms with E-state index in [1.54, 1.807) is 12.1 Å². The second-order valence-corrected chi connectivity index (χ2v) is 4.73. The first-order valence-corrected chi connectivity index (χ1v) is 6.25. The van der Waals surface area contributed by atoms with Gasteiger partial charge >= 0.3 is 0 Å². The number of carbonyl (C=O) groups is 1. The molecule has 0 amide bonds. The van der Waals surface area contributed by atoms with Gasteiger partial charge in [0.1, 0.15) is 11.9 Å². The van der Waals surface area contributed by atoms with Crippen molar-refractivity contribution in [2.75, 3.05) is 13.1 Å². The lowest BCUT2D eigenvalue weighted by atomic mass is 10.0. The predicted octanol–water partition coefficient (Wildman–Crippen LogP) is 3.12. The minimum atomic E-state index is -0.507. The molecule has 1 aromatic rings. The molecule has 2 nitrogen and oxygen atoms in total. The molecule has 92 valence electrons. The smallest absolute Gasteiger partial charge is 0.243 e. The maximum absolute atomic E-state index is 13.2. The maximum atomic E-state index is 13.2. The summed E-state index contributed by atoms with van der Waals surface area (Å²) in [5, 5.41) is -0.433. The van der Waals surface area contributed by atoms with Gasteiger partial charge in [0.05, 0.1) is 0 Å². The zero-order valence-electron chi connectivity index (χ0n) is 9.53. The summed E-state index contributed by atoms with van der Waals surface area (Å²) in [4.78, 5) is 13.6. The number of benzene rings is 1. The third kappa shape index (κ3) is 3.05. The van der Waals surface area contributed by atoms with E-state index in [9.17, 15) is 9.18 Å². The van der Waals surface area contributed by atoms with Gasteiger partial charge in [0.25, 0.3) is 0 Å². The van der Waals surface area contributed by atoms with Crippen molar-refractivity contribution in [1.29, 1.82) is 0 Å². The van der Waals surface area contributed by atoms with Crippen molar-refractivity contribution in [1.82, 2.24) is 4.90 Å². The van der Waals surface area contributed by atoms with Gasteiger partial charge in [-0.25, -0.2) is 4.39 Å². The second kappa shape index (κ2) is 5.61. The van der Waals surface area contributed by atoms with E-state index in [-0.39, 0.29) is 5.82 Å². The molecule has 0 radical (unpaired) electrons. The Hall–Kier alpha value is -0.930. The third-order valence-electron chi connectivity index (χ3n) is 3.14. The highest BCUT2D eigenvalue weighted by Crippen LogP contribution is 2.27. The third-order valence-corrected chi connectivity index (χ3v) is 3.34. The second-order valence-electron chi connectivity index (χ2n) is 4.36. The summed E-state index contributed by atoms with van der Waals surface area (Å²) >= 11 is 5.66. The predicted molar refractivity (Wildman–Crippen MR) is 65.4 cm³/mol. The van der Waals surface area contributed by atoms with Crippen molar-refractivity contribution < 1.29 is 9.18 Å². The summed E-state index contributed by atoms with van der Waals surface area (Å²) in [6.07, 6.45) is 3.31. The molecule has 1 atom stereocenters. The fourth-order valence-corrected chi connectivity index (χ4v) is 2.60. The Morgan fingerprint density at radius 1 is 1.29 bits per heavy atom. The monoisotopic (exact) mass is 255 g/mol. The van der Waals surface area contributed by atoms with Gasteiger partial charge in [-0.05, 0) is 55.2 Å². The summed E-state index contributed by atoms with van der Waals surface area (Å²) < 4.78 is 13.2. The SMILES string of the molecule is O=C(Cl)C(c1cccc(F)c1)N1CCCCC1. The molecule has 1 aromatic carbocycles. The Morgan fingerprint density at radius 2 is 2.00 bits per heavy atom. The summed E-state index contributed by atoms with van der Waals surface area (Å²) in [5.74, 6) is -0.331. The summed E-state index contributed by atoms with van der Waals surface area (Å²) in [6, 6.07) is 5.62. The van der Waals surface area contributed by atoms with Crippen LogP contribution in [-0.2, 0) is 4.79 Å². The quantitative estimate of drug-likeness (QED) is 0.774. The molecule has 1 unspecified atom stereocenters. The molecular weight excluding hydrogens is 241 g/mol. The van der Waals surface area contributed by atoms with Crippen LogP contribution in [0.2, 0.25) is 0 Å². The van der Waals surface area contributed by atoms with Gasteiger partial charge in [0.2, 0.25) is 5.24 Å². The van der Waals surface area contributed by atoms with Crippen molar-refractivity contribution in [3.05, 3.63) is 35.6 Å². The molecular formula is C13H15ClFNO. The van der Waals surface area contributed by atoms with Crippen molar-refractivity contribution in [3.8, 4) is 0 Å². The van der Waals surface area contributed by atoms with Crippen LogP contribution in [0, 0.1) is 5.82 Å². The molecule has 1 fully saturated rings. The lowest BCUT2D eigenvalue weighted by Crippen LogP contribution is -2.36. The first-order valence-electron chi connectivity index (χ1n) is 5.87. The molecule has 0 saturated carbocycles. The van der Waals surface area contributed by atoms with E-state index in [4.69, 9.17) is 11.6 Å². The number of carbonyl (C=O) groups excluding carboxylic acids is 1. The Labute approximate surface area is 105 Å². The van der Waals surface area contributed by atoms with Gasteiger partial charge in [-0.2, -0.15) is 0 Å². The van der Waals surface area contributed by atoms with Crippen LogP contribution in [0.15, 0.2) is 24.3 Å². The maximum Gasteiger partial charge on any atom is 0.243 e. The number of nitrogens with zero attached hydrogens (tertiary/aromatic N) is 1. The van der Waals surface area contributed by atoms with Crippen LogP contribution < -0.4 is 0 Å². The number of halogens is 2. The highest BCUT2D eigenvalue weighted by Gasteiger charge is 2.27. The Bertz CT molecular complexity index is 404. The number of rotatable bonds is 3. The molecule has 1 aliphatic rings. The van der Waals surface area contributed by atoms with Gasteiger partial charge < -0.3 is 0 Å². The van der Waals surface area contributed by atoms with Crippen molar-refractivity contribution in [3.63, 3.8) is 0 Å². The summed E-state index contributed by atoms with van der Waals surface area (Å²) in [5.41, 5.74) is 0.645. The van der Waals surface area contributed by atoms with E-state index in [1.807, 2.05) is 4.90 Å². The summed E-state index contributed by atoms with van der Waals surface area (Å²) in [7, 11) is 0. The van der Waals surface area contributed by atoms with Gasteiger partial charge in [-0.15, -0.1) is 0 Å². The van der Waals surface area contributed by atoms with E-state index >= 15 is 0 Å². The molecule has 0 aliphatic carbocycles. The van der Waals surface area contributed by atoms with Gasteiger partial charge in [0.15, 0.2) is 0 Å². The average Bonchev–Trinajstić information content (AvgIpc) is 2.30. The molecule has 1 saturated heterocycles. The fraction of sp³-hybridized carbons (Fsp3) is 0.462. The Morgan fingerprint density at radius 3 is 2.59 bits per heavy atom. The van der Waals surface area contributed by atoms with Crippen molar-refractivity contribution >= 4 is 16.8 Å². The van der Waals surface area contributed by atoms with Crippen LogP contribution >= 0.6 is 11.6 Å². The number of hydrogen-bond donors (Lipinski definition) is 0. The zero-order chi connectivity index (χ0) is 12.3. The lowest BCUT2D eigenvalue weighted by molar-refractivity contribution is -0.117. The lowest BCUT2D eigenvalue weighted by Gasteiger charge is -2.32. The zero-order valence-corrected chi connectivity index (χ0v) is 10.3. The van der Waals surface area contributed by atoms with Crippen molar-refractivity contribution in [2.24, 2.45) is 0 Å². The highest BCUT2D eigenvalue weighted by atomic mass is 35.5. The topological polar surface area (TPSA) is 20.3 Å². The fourth-order valence-electron chi connectivity index (χ4n) is 2.34. The Balaban J connectivity index is 2.25. The molecule has 1 heterocycles.